The van der Waals surface area contributed by atoms with Crippen molar-refractivity contribution in [3.8, 4) is 11.5 Å². The Labute approximate surface area is 168 Å². The van der Waals surface area contributed by atoms with Gasteiger partial charge >= 0.3 is 0 Å². The van der Waals surface area contributed by atoms with Crippen molar-refractivity contribution in [1.82, 2.24) is 16.0 Å². The van der Waals surface area contributed by atoms with Crippen molar-refractivity contribution in [3.05, 3.63) is 23.8 Å². The number of amides is 1. The van der Waals surface area contributed by atoms with Gasteiger partial charge in [0.25, 0.3) is 5.91 Å². The Hall–Kier alpha value is -2.44. The summed E-state index contributed by atoms with van der Waals surface area (Å²) in [5, 5.41) is 9.58. The third-order valence-corrected chi connectivity index (χ3v) is 5.00. The highest BCUT2D eigenvalue weighted by molar-refractivity contribution is 5.80. The topological polar surface area (TPSA) is 84.0 Å². The molecule has 2 rings (SSSR count). The van der Waals surface area contributed by atoms with Crippen LogP contribution in [0.3, 0.4) is 0 Å². The first-order chi connectivity index (χ1) is 13.5. The summed E-state index contributed by atoms with van der Waals surface area (Å²) in [6.07, 6.45) is 4.91. The summed E-state index contributed by atoms with van der Waals surface area (Å²) < 4.78 is 11.0. The van der Waals surface area contributed by atoms with E-state index in [1.165, 1.54) is 25.7 Å². The molecular formula is C21H34N4O3. The second-order valence-electron chi connectivity index (χ2n) is 7.25. The third kappa shape index (κ3) is 6.94. The Morgan fingerprint density at radius 2 is 1.93 bits per heavy atom. The van der Waals surface area contributed by atoms with Gasteiger partial charge in [-0.15, -0.1) is 0 Å². The molecule has 0 bridgehead atoms. The van der Waals surface area contributed by atoms with Crippen LogP contribution in [0.25, 0.3) is 0 Å². The van der Waals surface area contributed by atoms with Crippen molar-refractivity contribution >= 4 is 11.9 Å². The number of hydrogen-bond acceptors (Lipinski definition) is 4. The van der Waals surface area contributed by atoms with Crippen LogP contribution in [0, 0.1) is 5.92 Å². The summed E-state index contributed by atoms with van der Waals surface area (Å²) in [7, 11) is 3.38. The van der Waals surface area contributed by atoms with Gasteiger partial charge in [0, 0.05) is 26.2 Å². The zero-order valence-corrected chi connectivity index (χ0v) is 17.5. The van der Waals surface area contributed by atoms with Crippen LogP contribution in [0.1, 0.15) is 45.1 Å². The molecule has 1 amide bonds. The molecule has 0 heterocycles. The van der Waals surface area contributed by atoms with Crippen molar-refractivity contribution in [3.63, 3.8) is 0 Å². The number of guanidine groups is 1. The molecule has 1 aliphatic carbocycles. The summed E-state index contributed by atoms with van der Waals surface area (Å²) in [5.74, 6) is 2.65. The minimum Gasteiger partial charge on any atom is -0.493 e. The molecule has 3 N–H and O–H groups in total. The second-order valence-corrected chi connectivity index (χ2v) is 7.25. The van der Waals surface area contributed by atoms with Gasteiger partial charge in [-0.05, 0) is 56.2 Å². The van der Waals surface area contributed by atoms with E-state index in [0.29, 0.717) is 30.6 Å². The molecule has 0 radical (unpaired) electrons. The number of carbonyl (C=O) groups is 1. The Balaban J connectivity index is 1.87. The fraction of sp³-hybridized carbons (Fsp3) is 0.619. The lowest BCUT2D eigenvalue weighted by Gasteiger charge is -2.28. The number of methoxy groups -OCH3 is 1. The molecule has 0 atom stereocenters. The molecule has 0 saturated heterocycles. The van der Waals surface area contributed by atoms with Crippen LogP contribution in [0.4, 0.5) is 0 Å². The number of ether oxygens (including phenoxy) is 2. The first-order valence-corrected chi connectivity index (χ1v) is 10.1. The summed E-state index contributed by atoms with van der Waals surface area (Å²) in [4.78, 5) is 15.9. The Bertz CT molecular complexity index is 655. The van der Waals surface area contributed by atoms with E-state index in [2.05, 4.69) is 27.9 Å². The van der Waals surface area contributed by atoms with Crippen LogP contribution >= 0.6 is 0 Å². The van der Waals surface area contributed by atoms with Crippen LogP contribution in [-0.2, 0) is 11.3 Å². The highest BCUT2D eigenvalue weighted by Crippen LogP contribution is 2.28. The lowest BCUT2D eigenvalue weighted by Crippen LogP contribution is -2.44. The molecule has 0 unspecified atom stereocenters. The molecule has 1 saturated carbocycles. The zero-order valence-electron chi connectivity index (χ0n) is 17.5. The lowest BCUT2D eigenvalue weighted by atomic mass is 9.87. The minimum absolute atomic E-state index is 0.0294. The minimum atomic E-state index is -0.151. The van der Waals surface area contributed by atoms with Crippen LogP contribution in [0.5, 0.6) is 11.5 Å². The maximum atomic E-state index is 11.6. The lowest BCUT2D eigenvalue weighted by molar-refractivity contribution is -0.123. The number of nitrogens with zero attached hydrogens (tertiary/aromatic N) is 1. The quantitative estimate of drug-likeness (QED) is 0.469. The average molecular weight is 391 g/mol. The van der Waals surface area contributed by atoms with Gasteiger partial charge in [0.05, 0.1) is 7.11 Å². The number of likely N-dealkylation sites (N-methyl/N-ethyl adjacent to an activating group) is 1. The van der Waals surface area contributed by atoms with Gasteiger partial charge in [0.15, 0.2) is 24.1 Å². The van der Waals surface area contributed by atoms with Crippen molar-refractivity contribution in [2.75, 3.05) is 27.3 Å². The molecule has 7 nitrogen and oxygen atoms in total. The van der Waals surface area contributed by atoms with Gasteiger partial charge in [-0.25, -0.2) is 0 Å². The molecule has 1 aliphatic rings. The fourth-order valence-electron chi connectivity index (χ4n) is 3.31. The van der Waals surface area contributed by atoms with Crippen molar-refractivity contribution < 1.29 is 14.3 Å². The first kappa shape index (κ1) is 21.9. The molecule has 7 heteroatoms. The third-order valence-electron chi connectivity index (χ3n) is 5.00. The maximum Gasteiger partial charge on any atom is 0.257 e. The summed E-state index contributed by atoms with van der Waals surface area (Å²) in [6, 6.07) is 6.18. The van der Waals surface area contributed by atoms with E-state index in [1.54, 1.807) is 14.2 Å². The molecule has 0 aromatic heterocycles. The van der Waals surface area contributed by atoms with Gasteiger partial charge in [0.1, 0.15) is 0 Å². The maximum absolute atomic E-state index is 11.6. The Kier molecular flexibility index (Phi) is 8.91. The Morgan fingerprint density at radius 1 is 1.18 bits per heavy atom. The molecule has 0 spiro atoms. The van der Waals surface area contributed by atoms with E-state index in [0.717, 1.165) is 17.4 Å². The SMILES string of the molecule is CCNC(=O)COc1ccc(CNC(=NC)NC2CCC(C)CC2)cc1OC. The number of aliphatic imine (C=N–C) groups is 1. The van der Waals surface area contributed by atoms with E-state index < -0.39 is 0 Å². The molecule has 1 aromatic rings. The fourth-order valence-corrected chi connectivity index (χ4v) is 3.31. The van der Waals surface area contributed by atoms with E-state index in [4.69, 9.17) is 9.47 Å². The van der Waals surface area contributed by atoms with Crippen molar-refractivity contribution in [1.29, 1.82) is 0 Å². The van der Waals surface area contributed by atoms with E-state index in [9.17, 15) is 4.79 Å². The molecule has 1 aromatic carbocycles. The van der Waals surface area contributed by atoms with Gasteiger partial charge < -0.3 is 25.4 Å². The van der Waals surface area contributed by atoms with Crippen LogP contribution < -0.4 is 25.4 Å². The van der Waals surface area contributed by atoms with Crippen LogP contribution in [0.2, 0.25) is 0 Å². The molecule has 156 valence electrons. The highest BCUT2D eigenvalue weighted by Gasteiger charge is 2.19. The summed E-state index contributed by atoms with van der Waals surface area (Å²) in [6.45, 7) is 5.37. The van der Waals surface area contributed by atoms with E-state index in [1.807, 2.05) is 25.1 Å². The van der Waals surface area contributed by atoms with E-state index >= 15 is 0 Å². The number of rotatable bonds is 8. The summed E-state index contributed by atoms with van der Waals surface area (Å²) in [5.41, 5.74) is 1.04. The molecular weight excluding hydrogens is 356 g/mol. The monoisotopic (exact) mass is 390 g/mol. The average Bonchev–Trinajstić information content (AvgIpc) is 2.71. The largest absolute Gasteiger partial charge is 0.493 e. The van der Waals surface area contributed by atoms with Crippen molar-refractivity contribution in [2.24, 2.45) is 10.9 Å². The number of nitrogens with one attached hydrogen (secondary N) is 3. The number of benzene rings is 1. The van der Waals surface area contributed by atoms with E-state index in [-0.39, 0.29) is 12.5 Å². The Morgan fingerprint density at radius 3 is 2.57 bits per heavy atom. The standard InChI is InChI=1S/C21H34N4O3/c1-5-23-20(26)14-28-18-11-8-16(12-19(18)27-4)13-24-21(22-3)25-17-9-6-15(2)7-10-17/h8,11-12,15,17H,5-7,9-10,13-14H2,1-4H3,(H,23,26)(H2,22,24,25). The second kappa shape index (κ2) is 11.4. The van der Waals surface area contributed by atoms with Crippen LogP contribution in [0.15, 0.2) is 23.2 Å². The predicted molar refractivity (Wildman–Crippen MR) is 112 cm³/mol. The van der Waals surface area contributed by atoms with Crippen molar-refractivity contribution in [2.45, 2.75) is 52.1 Å². The van der Waals surface area contributed by atoms with Gasteiger partial charge in [0.2, 0.25) is 0 Å². The van der Waals surface area contributed by atoms with Gasteiger partial charge in [-0.1, -0.05) is 13.0 Å². The number of carbonyl (C=O) groups excluding carboxylic acids is 1. The number of hydrogen-bond donors (Lipinski definition) is 3. The van der Waals surface area contributed by atoms with Gasteiger partial charge in [-0.2, -0.15) is 0 Å². The molecule has 1 fully saturated rings. The predicted octanol–water partition coefficient (Wildman–Crippen LogP) is 2.45. The van der Waals surface area contributed by atoms with Gasteiger partial charge in [-0.3, -0.25) is 9.79 Å². The van der Waals surface area contributed by atoms with Crippen LogP contribution in [-0.4, -0.2) is 45.2 Å². The molecule has 0 aliphatic heterocycles. The smallest absolute Gasteiger partial charge is 0.257 e. The normalized spacial score (nSPS) is 19.6. The molecule has 28 heavy (non-hydrogen) atoms. The summed E-state index contributed by atoms with van der Waals surface area (Å²) >= 11 is 0. The zero-order chi connectivity index (χ0) is 20.4. The highest BCUT2D eigenvalue weighted by atomic mass is 16.5. The first-order valence-electron chi connectivity index (χ1n) is 10.1.